The van der Waals surface area contributed by atoms with Gasteiger partial charge in [0.2, 0.25) is 0 Å². The molecule has 2 heteroatoms. The molecule has 2 nitrogen and oxygen atoms in total. The van der Waals surface area contributed by atoms with E-state index in [2.05, 4.69) is 6.92 Å². The maximum Gasteiger partial charge on any atom is 0.302 e. The fourth-order valence-corrected chi connectivity index (χ4v) is 1.54. The molecule has 0 aromatic heterocycles. The summed E-state index contributed by atoms with van der Waals surface area (Å²) in [5.74, 6) is 0.137. The van der Waals surface area contributed by atoms with Crippen LogP contribution in [0.1, 0.15) is 32.6 Å². The lowest BCUT2D eigenvalue weighted by Gasteiger charge is -2.27. The summed E-state index contributed by atoms with van der Waals surface area (Å²) in [5, 5.41) is 0. The highest BCUT2D eigenvalue weighted by Crippen LogP contribution is 2.25. The van der Waals surface area contributed by atoms with Gasteiger partial charge in [-0.1, -0.05) is 6.42 Å². The van der Waals surface area contributed by atoms with E-state index >= 15 is 0 Å². The summed E-state index contributed by atoms with van der Waals surface area (Å²) in [6, 6.07) is 0. The number of carbonyl (C=O) groups is 1. The average molecular weight is 155 g/mol. The third-order valence-corrected chi connectivity index (χ3v) is 2.16. The van der Waals surface area contributed by atoms with E-state index in [-0.39, 0.29) is 12.1 Å². The number of hydrogen-bond donors (Lipinski definition) is 0. The molecule has 0 aromatic carbocycles. The molecule has 1 aliphatic rings. The molecule has 0 aromatic rings. The van der Waals surface area contributed by atoms with Crippen LogP contribution in [0.25, 0.3) is 0 Å². The molecular weight excluding hydrogens is 140 g/mol. The minimum Gasteiger partial charge on any atom is -0.462 e. The topological polar surface area (TPSA) is 26.3 Å². The van der Waals surface area contributed by atoms with Gasteiger partial charge in [0.15, 0.2) is 0 Å². The summed E-state index contributed by atoms with van der Waals surface area (Å²) in [4.78, 5) is 10.6. The smallest absolute Gasteiger partial charge is 0.302 e. The third-order valence-electron chi connectivity index (χ3n) is 2.16. The van der Waals surface area contributed by atoms with Crippen molar-refractivity contribution in [3.63, 3.8) is 0 Å². The van der Waals surface area contributed by atoms with Crippen LogP contribution < -0.4 is 0 Å². The number of rotatable bonds is 1. The minimum absolute atomic E-state index is 0.0845. The Bertz CT molecular complexity index is 142. The molecule has 0 spiro atoms. The summed E-state index contributed by atoms with van der Waals surface area (Å²) in [6.07, 6.45) is 4.57. The van der Waals surface area contributed by atoms with Crippen LogP contribution in [0.3, 0.4) is 0 Å². The molecule has 0 saturated heterocycles. The molecular formula is C9H15O2. The SMILES string of the molecule is [CH2]C1CCCCC1OC(C)=O. The number of hydrogen-bond acceptors (Lipinski definition) is 2. The van der Waals surface area contributed by atoms with Crippen molar-refractivity contribution >= 4 is 5.97 Å². The van der Waals surface area contributed by atoms with Gasteiger partial charge in [-0.3, -0.25) is 4.79 Å². The second-order valence-corrected chi connectivity index (χ2v) is 3.19. The summed E-state index contributed by atoms with van der Waals surface area (Å²) in [5.41, 5.74) is 0. The molecule has 0 bridgehead atoms. The summed E-state index contributed by atoms with van der Waals surface area (Å²) >= 11 is 0. The van der Waals surface area contributed by atoms with Gasteiger partial charge in [-0.25, -0.2) is 0 Å². The first-order valence-electron chi connectivity index (χ1n) is 4.20. The molecule has 0 amide bonds. The van der Waals surface area contributed by atoms with Crippen LogP contribution in [0.15, 0.2) is 0 Å². The number of carbonyl (C=O) groups excluding carboxylic acids is 1. The van der Waals surface area contributed by atoms with Crippen molar-refractivity contribution in [2.24, 2.45) is 5.92 Å². The molecule has 1 saturated carbocycles. The second kappa shape index (κ2) is 3.74. The number of ether oxygens (including phenoxy) is 1. The van der Waals surface area contributed by atoms with Crippen LogP contribution >= 0.6 is 0 Å². The molecule has 1 rings (SSSR count). The second-order valence-electron chi connectivity index (χ2n) is 3.19. The van der Waals surface area contributed by atoms with Crippen molar-refractivity contribution in [2.45, 2.75) is 38.7 Å². The zero-order chi connectivity index (χ0) is 8.27. The van der Waals surface area contributed by atoms with Crippen molar-refractivity contribution in [1.82, 2.24) is 0 Å². The van der Waals surface area contributed by atoms with Crippen LogP contribution in [0.4, 0.5) is 0 Å². The lowest BCUT2D eigenvalue weighted by Crippen LogP contribution is -2.27. The minimum atomic E-state index is -0.175. The van der Waals surface area contributed by atoms with Gasteiger partial charge in [0.05, 0.1) is 0 Å². The highest BCUT2D eigenvalue weighted by atomic mass is 16.5. The van der Waals surface area contributed by atoms with Gasteiger partial charge in [-0.2, -0.15) is 0 Å². The van der Waals surface area contributed by atoms with E-state index in [4.69, 9.17) is 4.74 Å². The van der Waals surface area contributed by atoms with Crippen molar-refractivity contribution in [3.8, 4) is 0 Å². The zero-order valence-electron chi connectivity index (χ0n) is 7.01. The van der Waals surface area contributed by atoms with E-state index < -0.39 is 0 Å². The predicted octanol–water partition coefficient (Wildman–Crippen LogP) is 1.94. The Balaban J connectivity index is 2.35. The summed E-state index contributed by atoms with van der Waals surface area (Å²) in [6.45, 7) is 5.41. The molecule has 2 unspecified atom stereocenters. The van der Waals surface area contributed by atoms with Gasteiger partial charge in [-0.15, -0.1) is 0 Å². The molecule has 1 radical (unpaired) electrons. The first-order valence-corrected chi connectivity index (χ1v) is 4.20. The van der Waals surface area contributed by atoms with Gasteiger partial charge < -0.3 is 4.74 Å². The van der Waals surface area contributed by atoms with Gasteiger partial charge in [0.1, 0.15) is 6.10 Å². The van der Waals surface area contributed by atoms with Crippen LogP contribution in [-0.2, 0) is 9.53 Å². The highest BCUT2D eigenvalue weighted by Gasteiger charge is 2.23. The molecule has 1 aliphatic carbocycles. The largest absolute Gasteiger partial charge is 0.462 e. The van der Waals surface area contributed by atoms with Crippen molar-refractivity contribution in [1.29, 1.82) is 0 Å². The van der Waals surface area contributed by atoms with Crippen LogP contribution in [0.5, 0.6) is 0 Å². The van der Waals surface area contributed by atoms with Crippen LogP contribution in [0.2, 0.25) is 0 Å². The fraction of sp³-hybridized carbons (Fsp3) is 0.778. The van der Waals surface area contributed by atoms with Gasteiger partial charge >= 0.3 is 5.97 Å². The van der Waals surface area contributed by atoms with Crippen LogP contribution in [0, 0.1) is 12.8 Å². The molecule has 2 atom stereocenters. The van der Waals surface area contributed by atoms with E-state index in [1.165, 1.54) is 19.8 Å². The Hall–Kier alpha value is -0.530. The molecule has 0 aliphatic heterocycles. The zero-order valence-corrected chi connectivity index (χ0v) is 7.01. The normalized spacial score (nSPS) is 31.5. The lowest BCUT2D eigenvalue weighted by atomic mass is 9.88. The van der Waals surface area contributed by atoms with Gasteiger partial charge in [0, 0.05) is 6.92 Å². The first kappa shape index (κ1) is 8.57. The standard InChI is InChI=1S/C9H15O2/c1-7-5-3-4-6-9(7)11-8(2)10/h7,9H,1,3-6H2,2H3. The molecule has 1 fully saturated rings. The van der Waals surface area contributed by atoms with Gasteiger partial charge in [0.25, 0.3) is 0 Å². The average Bonchev–Trinajstić information content (AvgIpc) is 1.93. The van der Waals surface area contributed by atoms with E-state index in [0.29, 0.717) is 5.92 Å². The fourth-order valence-electron chi connectivity index (χ4n) is 1.54. The Morgan fingerprint density at radius 3 is 2.64 bits per heavy atom. The summed E-state index contributed by atoms with van der Waals surface area (Å²) < 4.78 is 5.10. The first-order chi connectivity index (χ1) is 5.20. The van der Waals surface area contributed by atoms with E-state index in [9.17, 15) is 4.79 Å². The maximum atomic E-state index is 10.6. The Kier molecular flexibility index (Phi) is 2.92. The van der Waals surface area contributed by atoms with Crippen molar-refractivity contribution in [2.75, 3.05) is 0 Å². The lowest BCUT2D eigenvalue weighted by molar-refractivity contribution is -0.149. The van der Waals surface area contributed by atoms with Crippen molar-refractivity contribution < 1.29 is 9.53 Å². The molecule has 63 valence electrons. The van der Waals surface area contributed by atoms with Gasteiger partial charge in [-0.05, 0) is 32.1 Å². The summed E-state index contributed by atoms with van der Waals surface area (Å²) in [7, 11) is 0. The molecule has 11 heavy (non-hydrogen) atoms. The molecule has 0 heterocycles. The van der Waals surface area contributed by atoms with Crippen LogP contribution in [-0.4, -0.2) is 12.1 Å². The van der Waals surface area contributed by atoms with E-state index in [1.807, 2.05) is 0 Å². The maximum absolute atomic E-state index is 10.6. The third kappa shape index (κ3) is 2.52. The van der Waals surface area contributed by atoms with Crippen molar-refractivity contribution in [3.05, 3.63) is 6.92 Å². The monoisotopic (exact) mass is 155 g/mol. The Morgan fingerprint density at radius 1 is 1.45 bits per heavy atom. The predicted molar refractivity (Wildman–Crippen MR) is 42.9 cm³/mol. The Morgan fingerprint density at radius 2 is 2.09 bits per heavy atom. The molecule has 0 N–H and O–H groups in total. The highest BCUT2D eigenvalue weighted by molar-refractivity contribution is 5.66. The Labute approximate surface area is 67.9 Å². The van der Waals surface area contributed by atoms with E-state index in [1.54, 1.807) is 0 Å². The van der Waals surface area contributed by atoms with E-state index in [0.717, 1.165) is 12.8 Å². The number of esters is 1. The quantitative estimate of drug-likeness (QED) is 0.541.